The number of hydrogen-bond donors (Lipinski definition) is 2. The molecule has 0 aliphatic carbocycles. The summed E-state index contributed by atoms with van der Waals surface area (Å²) in [6.45, 7) is 3.80. The molecule has 0 unspecified atom stereocenters. The third-order valence-electron chi connectivity index (χ3n) is 2.06. The summed E-state index contributed by atoms with van der Waals surface area (Å²) in [4.78, 5) is 6.29. The van der Waals surface area contributed by atoms with Crippen LogP contribution in [0.2, 0.25) is 0 Å². The van der Waals surface area contributed by atoms with Crippen molar-refractivity contribution < 1.29 is 0 Å². The van der Waals surface area contributed by atoms with Crippen molar-refractivity contribution in [3.8, 4) is 0 Å². The van der Waals surface area contributed by atoms with Gasteiger partial charge in [0.25, 0.3) is 0 Å². The number of aryl methyl sites for hydroxylation is 1. The van der Waals surface area contributed by atoms with E-state index >= 15 is 0 Å². The zero-order valence-electron chi connectivity index (χ0n) is 9.04. The molecule has 3 N–H and O–H groups in total. The number of likely N-dealkylation sites (N-methyl/N-ethyl adjacent to an activating group) is 1. The molecule has 1 aromatic heterocycles. The number of nitrogens with zero attached hydrogens (tertiary/aromatic N) is 2. The van der Waals surface area contributed by atoms with Crippen molar-refractivity contribution in [2.75, 3.05) is 38.2 Å². The van der Waals surface area contributed by atoms with Crippen molar-refractivity contribution in [1.82, 2.24) is 9.88 Å². The second-order valence-electron chi connectivity index (χ2n) is 3.62. The zero-order valence-corrected chi connectivity index (χ0v) is 9.04. The number of hydrogen-bond acceptors (Lipinski definition) is 4. The number of pyridine rings is 1. The third-order valence-corrected chi connectivity index (χ3v) is 2.06. The quantitative estimate of drug-likeness (QED) is 0.749. The van der Waals surface area contributed by atoms with E-state index in [9.17, 15) is 0 Å². The first-order valence-corrected chi connectivity index (χ1v) is 4.71. The largest absolute Gasteiger partial charge is 0.396 e. The molecule has 0 saturated heterocycles. The summed E-state index contributed by atoms with van der Waals surface area (Å²) in [7, 11) is 4.07. The van der Waals surface area contributed by atoms with Crippen molar-refractivity contribution in [1.29, 1.82) is 0 Å². The maximum absolute atomic E-state index is 5.86. The highest BCUT2D eigenvalue weighted by atomic mass is 15.1. The molecule has 1 aromatic rings. The van der Waals surface area contributed by atoms with Crippen LogP contribution in [0.25, 0.3) is 0 Å². The monoisotopic (exact) mass is 194 g/mol. The van der Waals surface area contributed by atoms with Crippen molar-refractivity contribution in [2.24, 2.45) is 0 Å². The fourth-order valence-corrected chi connectivity index (χ4v) is 1.11. The molecule has 4 nitrogen and oxygen atoms in total. The van der Waals surface area contributed by atoms with Gasteiger partial charge in [-0.05, 0) is 32.6 Å². The Kier molecular flexibility index (Phi) is 3.71. The molecular formula is C10H18N4. The van der Waals surface area contributed by atoms with E-state index < -0.39 is 0 Å². The average Bonchev–Trinajstić information content (AvgIpc) is 2.12. The van der Waals surface area contributed by atoms with Crippen LogP contribution in [0.5, 0.6) is 0 Å². The van der Waals surface area contributed by atoms with Gasteiger partial charge in [-0.25, -0.2) is 4.98 Å². The van der Waals surface area contributed by atoms with Gasteiger partial charge >= 0.3 is 0 Å². The van der Waals surface area contributed by atoms with Crippen molar-refractivity contribution in [3.63, 3.8) is 0 Å². The molecule has 14 heavy (non-hydrogen) atoms. The van der Waals surface area contributed by atoms with Gasteiger partial charge in [0.05, 0.1) is 5.69 Å². The molecule has 1 heterocycles. The molecule has 0 atom stereocenters. The van der Waals surface area contributed by atoms with Gasteiger partial charge in [0.2, 0.25) is 0 Å². The lowest BCUT2D eigenvalue weighted by atomic mass is 10.2. The Balaban J connectivity index is 2.54. The number of nitrogens with two attached hydrogens (primary N) is 1. The lowest BCUT2D eigenvalue weighted by Gasteiger charge is -2.12. The number of nitrogen functional groups attached to an aromatic ring is 1. The van der Waals surface area contributed by atoms with E-state index in [1.807, 2.05) is 27.1 Å². The maximum Gasteiger partial charge on any atom is 0.149 e. The molecule has 0 fully saturated rings. The average molecular weight is 194 g/mol. The normalized spacial score (nSPS) is 10.6. The summed E-state index contributed by atoms with van der Waals surface area (Å²) in [5, 5.41) is 3.21. The first-order valence-electron chi connectivity index (χ1n) is 4.71. The Bertz CT molecular complexity index is 296. The highest BCUT2D eigenvalue weighted by molar-refractivity contribution is 5.64. The van der Waals surface area contributed by atoms with Gasteiger partial charge in [0, 0.05) is 19.3 Å². The smallest absolute Gasteiger partial charge is 0.149 e. The molecule has 0 radical (unpaired) electrons. The van der Waals surface area contributed by atoms with E-state index in [2.05, 4.69) is 15.2 Å². The minimum absolute atomic E-state index is 0.742. The first-order chi connectivity index (χ1) is 6.61. The van der Waals surface area contributed by atoms with E-state index in [-0.39, 0.29) is 0 Å². The van der Waals surface area contributed by atoms with Crippen LogP contribution >= 0.6 is 0 Å². The number of nitrogens with one attached hydrogen (secondary N) is 1. The Morgan fingerprint density at radius 2 is 2.21 bits per heavy atom. The number of rotatable bonds is 4. The lowest BCUT2D eigenvalue weighted by molar-refractivity contribution is 0.425. The minimum Gasteiger partial charge on any atom is -0.396 e. The summed E-state index contributed by atoms with van der Waals surface area (Å²) in [6, 6.07) is 1.91. The van der Waals surface area contributed by atoms with E-state index in [4.69, 9.17) is 5.73 Å². The van der Waals surface area contributed by atoms with Gasteiger partial charge in [-0.2, -0.15) is 0 Å². The summed E-state index contributed by atoms with van der Waals surface area (Å²) >= 11 is 0. The summed E-state index contributed by atoms with van der Waals surface area (Å²) in [5.41, 5.74) is 7.67. The summed E-state index contributed by atoms with van der Waals surface area (Å²) in [5.74, 6) is 0.784. The Labute approximate surface area is 85.1 Å². The molecule has 0 bridgehead atoms. The predicted molar refractivity (Wildman–Crippen MR) is 60.4 cm³/mol. The Morgan fingerprint density at radius 1 is 1.50 bits per heavy atom. The van der Waals surface area contributed by atoms with Gasteiger partial charge in [-0.1, -0.05) is 0 Å². The van der Waals surface area contributed by atoms with Crippen molar-refractivity contribution in [2.45, 2.75) is 6.92 Å². The minimum atomic E-state index is 0.742. The van der Waals surface area contributed by atoms with Crippen molar-refractivity contribution in [3.05, 3.63) is 17.8 Å². The van der Waals surface area contributed by atoms with E-state index in [0.717, 1.165) is 30.2 Å². The van der Waals surface area contributed by atoms with Crippen LogP contribution in [0.15, 0.2) is 12.3 Å². The van der Waals surface area contributed by atoms with E-state index in [1.54, 1.807) is 6.20 Å². The summed E-state index contributed by atoms with van der Waals surface area (Å²) < 4.78 is 0. The van der Waals surface area contributed by atoms with Gasteiger partial charge in [0.15, 0.2) is 0 Å². The standard InChI is InChI=1S/C10H18N4/c1-8-4-5-12-10(9(8)11)13-6-7-14(2)3/h4-5H,6-7,11H2,1-3H3,(H,12,13). The zero-order chi connectivity index (χ0) is 10.6. The molecule has 78 valence electrons. The Hall–Kier alpha value is -1.29. The third kappa shape index (κ3) is 2.88. The van der Waals surface area contributed by atoms with Crippen LogP contribution < -0.4 is 11.1 Å². The topological polar surface area (TPSA) is 54.2 Å². The lowest BCUT2D eigenvalue weighted by Crippen LogP contribution is -2.21. The first kappa shape index (κ1) is 10.8. The molecule has 0 saturated carbocycles. The predicted octanol–water partition coefficient (Wildman–Crippen LogP) is 0.946. The van der Waals surface area contributed by atoms with Crippen molar-refractivity contribution >= 4 is 11.5 Å². The van der Waals surface area contributed by atoms with Gasteiger partial charge in [-0.3, -0.25) is 0 Å². The molecule has 1 rings (SSSR count). The second-order valence-corrected chi connectivity index (χ2v) is 3.62. The van der Waals surface area contributed by atoms with Crippen LogP contribution in [0, 0.1) is 6.92 Å². The number of anilines is 2. The van der Waals surface area contributed by atoms with E-state index in [1.165, 1.54) is 0 Å². The van der Waals surface area contributed by atoms with Crippen LogP contribution in [0.3, 0.4) is 0 Å². The molecule has 4 heteroatoms. The van der Waals surface area contributed by atoms with Crippen LogP contribution in [-0.2, 0) is 0 Å². The molecule has 0 amide bonds. The van der Waals surface area contributed by atoms with E-state index in [0.29, 0.717) is 0 Å². The highest BCUT2D eigenvalue weighted by Crippen LogP contribution is 2.17. The Morgan fingerprint density at radius 3 is 2.86 bits per heavy atom. The van der Waals surface area contributed by atoms with Gasteiger partial charge in [0.1, 0.15) is 5.82 Å². The van der Waals surface area contributed by atoms with Gasteiger partial charge in [-0.15, -0.1) is 0 Å². The fraction of sp³-hybridized carbons (Fsp3) is 0.500. The molecule has 0 spiro atoms. The molecule has 0 aliphatic rings. The summed E-state index contributed by atoms with van der Waals surface area (Å²) in [6.07, 6.45) is 1.77. The fourth-order valence-electron chi connectivity index (χ4n) is 1.11. The highest BCUT2D eigenvalue weighted by Gasteiger charge is 2.01. The number of aromatic nitrogens is 1. The van der Waals surface area contributed by atoms with Gasteiger partial charge < -0.3 is 16.0 Å². The SMILES string of the molecule is Cc1ccnc(NCCN(C)C)c1N. The van der Waals surface area contributed by atoms with Crippen LogP contribution in [-0.4, -0.2) is 37.1 Å². The molecular weight excluding hydrogens is 176 g/mol. The second kappa shape index (κ2) is 4.81. The maximum atomic E-state index is 5.86. The molecule has 0 aromatic carbocycles. The molecule has 0 aliphatic heterocycles. The van der Waals surface area contributed by atoms with Crippen LogP contribution in [0.4, 0.5) is 11.5 Å². The van der Waals surface area contributed by atoms with Crippen LogP contribution in [0.1, 0.15) is 5.56 Å².